The Hall–Kier alpha value is -0.920. The second kappa shape index (κ2) is 2.13. The van der Waals surface area contributed by atoms with Crippen LogP contribution in [0.3, 0.4) is 0 Å². The Bertz CT molecular complexity index is 154. The van der Waals surface area contributed by atoms with Gasteiger partial charge >= 0.3 is 0 Å². The molecule has 0 bridgehead atoms. The molecule has 9 heavy (non-hydrogen) atoms. The summed E-state index contributed by atoms with van der Waals surface area (Å²) in [4.78, 5) is 21.4. The van der Waals surface area contributed by atoms with Crippen molar-refractivity contribution in [3.05, 3.63) is 12.7 Å². The number of allylic oxidation sites excluding steroid dienone is 1. The van der Waals surface area contributed by atoms with Crippen LogP contribution < -0.4 is 0 Å². The van der Waals surface area contributed by atoms with Crippen molar-refractivity contribution in [2.75, 3.05) is 0 Å². The third-order valence-electron chi connectivity index (χ3n) is 1.55. The minimum atomic E-state index is -0.481. The number of Topliss-reactive ketones (excluding diaryl/α,β-unsaturated/α-hetero) is 2. The average Bonchev–Trinajstić information content (AvgIpc) is 2.12. The third kappa shape index (κ3) is 0.922. The van der Waals surface area contributed by atoms with Crippen molar-refractivity contribution in [2.24, 2.45) is 5.92 Å². The van der Waals surface area contributed by atoms with Crippen molar-refractivity contribution in [1.29, 1.82) is 0 Å². The zero-order valence-electron chi connectivity index (χ0n) is 5.09. The minimum Gasteiger partial charge on any atom is -0.299 e. The molecule has 0 spiro atoms. The normalized spacial score (nSPS) is 20.9. The van der Waals surface area contributed by atoms with E-state index in [0.29, 0.717) is 12.8 Å². The van der Waals surface area contributed by atoms with E-state index in [1.807, 2.05) is 0 Å². The van der Waals surface area contributed by atoms with Crippen LogP contribution in [0.15, 0.2) is 12.7 Å². The first-order valence-corrected chi connectivity index (χ1v) is 2.93. The van der Waals surface area contributed by atoms with Gasteiger partial charge in [0.15, 0.2) is 0 Å². The lowest BCUT2D eigenvalue weighted by Crippen LogP contribution is -2.09. The maximum atomic E-state index is 10.7. The molecule has 0 amide bonds. The highest BCUT2D eigenvalue weighted by Crippen LogP contribution is 2.17. The van der Waals surface area contributed by atoms with E-state index in [2.05, 4.69) is 6.58 Å². The number of hydrogen-bond donors (Lipinski definition) is 0. The van der Waals surface area contributed by atoms with Gasteiger partial charge < -0.3 is 0 Å². The third-order valence-corrected chi connectivity index (χ3v) is 1.55. The molecular weight excluding hydrogens is 116 g/mol. The minimum absolute atomic E-state index is 0.0231. The molecule has 2 heteroatoms. The molecule has 48 valence electrons. The SMILES string of the molecule is C=CC1C(=O)CCC1=O. The van der Waals surface area contributed by atoms with Crippen LogP contribution >= 0.6 is 0 Å². The van der Waals surface area contributed by atoms with Crippen LogP contribution in [0.25, 0.3) is 0 Å². The summed E-state index contributed by atoms with van der Waals surface area (Å²) in [5.74, 6) is -0.435. The van der Waals surface area contributed by atoms with E-state index in [4.69, 9.17) is 0 Å². The maximum absolute atomic E-state index is 10.7. The Labute approximate surface area is 53.6 Å². The molecule has 1 aliphatic carbocycles. The molecule has 1 fully saturated rings. The Morgan fingerprint density at radius 1 is 1.33 bits per heavy atom. The zero-order chi connectivity index (χ0) is 6.85. The number of ketones is 2. The van der Waals surface area contributed by atoms with E-state index in [1.54, 1.807) is 0 Å². The molecule has 1 rings (SSSR count). The van der Waals surface area contributed by atoms with Gasteiger partial charge in [0.1, 0.15) is 11.6 Å². The van der Waals surface area contributed by atoms with Crippen molar-refractivity contribution in [2.45, 2.75) is 12.8 Å². The monoisotopic (exact) mass is 124 g/mol. The number of rotatable bonds is 1. The summed E-state index contributed by atoms with van der Waals surface area (Å²) >= 11 is 0. The van der Waals surface area contributed by atoms with Crippen LogP contribution in [0.1, 0.15) is 12.8 Å². The standard InChI is InChI=1S/C7H8O2/c1-2-5-6(8)3-4-7(5)9/h2,5H,1,3-4H2. The average molecular weight is 124 g/mol. The summed E-state index contributed by atoms with van der Waals surface area (Å²) in [5.41, 5.74) is 0. The molecule has 0 aromatic heterocycles. The highest BCUT2D eigenvalue weighted by atomic mass is 16.2. The van der Waals surface area contributed by atoms with E-state index >= 15 is 0 Å². The van der Waals surface area contributed by atoms with Crippen molar-refractivity contribution >= 4 is 11.6 Å². The summed E-state index contributed by atoms with van der Waals surface area (Å²) < 4.78 is 0. The van der Waals surface area contributed by atoms with Gasteiger partial charge in [-0.15, -0.1) is 6.58 Å². The molecule has 0 N–H and O–H groups in total. The summed E-state index contributed by atoms with van der Waals surface area (Å²) in [7, 11) is 0. The van der Waals surface area contributed by atoms with Gasteiger partial charge in [0.2, 0.25) is 0 Å². The quantitative estimate of drug-likeness (QED) is 0.381. The van der Waals surface area contributed by atoms with Gasteiger partial charge in [0.25, 0.3) is 0 Å². The zero-order valence-corrected chi connectivity index (χ0v) is 5.09. The molecule has 0 radical (unpaired) electrons. The Kier molecular flexibility index (Phi) is 1.47. The molecule has 0 heterocycles. The van der Waals surface area contributed by atoms with E-state index in [9.17, 15) is 9.59 Å². The van der Waals surface area contributed by atoms with E-state index in [0.717, 1.165) is 0 Å². The highest BCUT2D eigenvalue weighted by Gasteiger charge is 2.29. The van der Waals surface area contributed by atoms with Crippen molar-refractivity contribution in [1.82, 2.24) is 0 Å². The van der Waals surface area contributed by atoms with E-state index in [1.165, 1.54) is 6.08 Å². The number of carbonyl (C=O) groups excluding carboxylic acids is 2. The summed E-state index contributed by atoms with van der Waals surface area (Å²) in [6.07, 6.45) is 2.25. The predicted molar refractivity (Wildman–Crippen MR) is 32.9 cm³/mol. The number of hydrogen-bond acceptors (Lipinski definition) is 2. The smallest absolute Gasteiger partial charge is 0.147 e. The molecule has 0 aromatic carbocycles. The first-order valence-electron chi connectivity index (χ1n) is 2.93. The van der Waals surface area contributed by atoms with Crippen molar-refractivity contribution < 1.29 is 9.59 Å². The fourth-order valence-corrected chi connectivity index (χ4v) is 1.000. The van der Waals surface area contributed by atoms with Gasteiger partial charge in [-0.05, 0) is 0 Å². The Morgan fingerprint density at radius 2 is 1.78 bits per heavy atom. The summed E-state index contributed by atoms with van der Waals surface area (Å²) in [6.45, 7) is 3.40. The van der Waals surface area contributed by atoms with Gasteiger partial charge in [-0.25, -0.2) is 0 Å². The van der Waals surface area contributed by atoms with Crippen LogP contribution in [0.5, 0.6) is 0 Å². The topological polar surface area (TPSA) is 34.1 Å². The Morgan fingerprint density at radius 3 is 2.00 bits per heavy atom. The molecule has 1 aliphatic rings. The van der Waals surface area contributed by atoms with Crippen molar-refractivity contribution in [3.8, 4) is 0 Å². The van der Waals surface area contributed by atoms with Gasteiger partial charge in [-0.2, -0.15) is 0 Å². The molecule has 0 aromatic rings. The first kappa shape index (κ1) is 6.20. The van der Waals surface area contributed by atoms with Gasteiger partial charge in [0.05, 0.1) is 5.92 Å². The lowest BCUT2D eigenvalue weighted by atomic mass is 10.1. The fraction of sp³-hybridized carbons (Fsp3) is 0.429. The van der Waals surface area contributed by atoms with Crippen LogP contribution in [0.2, 0.25) is 0 Å². The van der Waals surface area contributed by atoms with E-state index in [-0.39, 0.29) is 11.6 Å². The second-order valence-corrected chi connectivity index (χ2v) is 2.15. The summed E-state index contributed by atoms with van der Waals surface area (Å²) in [5, 5.41) is 0. The van der Waals surface area contributed by atoms with Crippen LogP contribution in [0, 0.1) is 5.92 Å². The molecule has 0 unspecified atom stereocenters. The van der Waals surface area contributed by atoms with Gasteiger partial charge in [-0.3, -0.25) is 9.59 Å². The van der Waals surface area contributed by atoms with Crippen LogP contribution in [0.4, 0.5) is 0 Å². The van der Waals surface area contributed by atoms with Crippen LogP contribution in [-0.2, 0) is 9.59 Å². The Balaban J connectivity index is 2.77. The lowest BCUT2D eigenvalue weighted by molar-refractivity contribution is -0.125. The fourth-order valence-electron chi connectivity index (χ4n) is 1.000. The molecule has 0 aliphatic heterocycles. The van der Waals surface area contributed by atoms with Gasteiger partial charge in [0, 0.05) is 12.8 Å². The molecule has 1 saturated carbocycles. The molecule has 2 nitrogen and oxygen atoms in total. The second-order valence-electron chi connectivity index (χ2n) is 2.15. The van der Waals surface area contributed by atoms with E-state index < -0.39 is 5.92 Å². The van der Waals surface area contributed by atoms with Crippen molar-refractivity contribution in [3.63, 3.8) is 0 Å². The predicted octanol–water partition coefficient (Wildman–Crippen LogP) is 0.721. The van der Waals surface area contributed by atoms with Crippen LogP contribution in [-0.4, -0.2) is 11.6 Å². The highest BCUT2D eigenvalue weighted by molar-refractivity contribution is 6.10. The molecule has 0 saturated heterocycles. The lowest BCUT2D eigenvalue weighted by Gasteiger charge is -1.93. The first-order chi connectivity index (χ1) is 4.25. The van der Waals surface area contributed by atoms with Gasteiger partial charge in [-0.1, -0.05) is 6.08 Å². The molecule has 0 atom stereocenters. The molecular formula is C7H8O2. The summed E-state index contributed by atoms with van der Waals surface area (Å²) in [6, 6.07) is 0. The number of carbonyl (C=O) groups is 2. The largest absolute Gasteiger partial charge is 0.299 e. The maximum Gasteiger partial charge on any atom is 0.147 e.